The van der Waals surface area contributed by atoms with Gasteiger partial charge in [0.05, 0.1) is 0 Å². The van der Waals surface area contributed by atoms with E-state index in [1.165, 1.54) is 6.92 Å². The highest BCUT2D eigenvalue weighted by Gasteiger charge is 2.13. The van der Waals surface area contributed by atoms with E-state index in [1.54, 1.807) is 0 Å². The fourth-order valence-electron chi connectivity index (χ4n) is 1.83. The first-order chi connectivity index (χ1) is 8.22. The molecule has 0 aromatic heterocycles. The van der Waals surface area contributed by atoms with Crippen LogP contribution in [-0.2, 0) is 9.53 Å². The number of terminal acetylenes is 1. The number of carbonyl (C=O) groups is 1. The Morgan fingerprint density at radius 2 is 1.94 bits per heavy atom. The molecule has 0 bridgehead atoms. The fourth-order valence-corrected chi connectivity index (χ4v) is 1.83. The number of hydrogen-bond acceptors (Lipinski definition) is 2. The molecule has 2 rings (SSSR count). The summed E-state index contributed by atoms with van der Waals surface area (Å²) in [6.07, 6.45) is 4.79. The lowest BCUT2D eigenvalue weighted by atomic mass is 10.0. The topological polar surface area (TPSA) is 26.3 Å². The van der Waals surface area contributed by atoms with Crippen molar-refractivity contribution in [1.29, 1.82) is 0 Å². The maximum Gasteiger partial charge on any atom is 0.304 e. The summed E-state index contributed by atoms with van der Waals surface area (Å²) < 4.78 is 5.12. The first-order valence-electron chi connectivity index (χ1n) is 5.33. The van der Waals surface area contributed by atoms with Crippen molar-refractivity contribution >= 4 is 16.7 Å². The second-order valence-corrected chi connectivity index (χ2v) is 3.72. The van der Waals surface area contributed by atoms with Gasteiger partial charge in [-0.1, -0.05) is 48.4 Å². The molecule has 0 amide bonds. The minimum atomic E-state index is -0.626. The number of hydrogen-bond donors (Lipinski definition) is 0. The largest absolute Gasteiger partial charge is 0.444 e. The van der Waals surface area contributed by atoms with Gasteiger partial charge < -0.3 is 4.74 Å². The first kappa shape index (κ1) is 11.2. The van der Waals surface area contributed by atoms with E-state index in [-0.39, 0.29) is 5.97 Å². The van der Waals surface area contributed by atoms with Gasteiger partial charge in [0.2, 0.25) is 0 Å². The Hall–Kier alpha value is -2.27. The van der Waals surface area contributed by atoms with Crippen molar-refractivity contribution in [3.8, 4) is 12.3 Å². The Bertz CT molecular complexity index is 588. The minimum Gasteiger partial charge on any atom is -0.444 e. The maximum atomic E-state index is 11.0. The van der Waals surface area contributed by atoms with Crippen LogP contribution in [0, 0.1) is 12.3 Å². The molecule has 1 unspecified atom stereocenters. The molecular weight excluding hydrogens is 212 g/mol. The smallest absolute Gasteiger partial charge is 0.304 e. The van der Waals surface area contributed by atoms with Crippen molar-refractivity contribution in [3.05, 3.63) is 48.0 Å². The standard InChI is InChI=1S/C15H12O2/c1-3-15(17-11(2)16)14-10-6-8-12-7-4-5-9-13(12)14/h1,4-10,15H,2H3. The molecule has 1 atom stereocenters. The van der Waals surface area contributed by atoms with Crippen molar-refractivity contribution in [2.24, 2.45) is 0 Å². The first-order valence-corrected chi connectivity index (χ1v) is 5.33. The molecule has 0 N–H and O–H groups in total. The quantitative estimate of drug-likeness (QED) is 0.579. The molecule has 0 heterocycles. The van der Waals surface area contributed by atoms with Crippen LogP contribution in [0.3, 0.4) is 0 Å². The third-order valence-electron chi connectivity index (χ3n) is 2.54. The Morgan fingerprint density at radius 3 is 2.65 bits per heavy atom. The van der Waals surface area contributed by atoms with Gasteiger partial charge in [-0.05, 0) is 10.8 Å². The van der Waals surface area contributed by atoms with Crippen LogP contribution in [0.2, 0.25) is 0 Å². The molecule has 0 radical (unpaired) electrons. The fraction of sp³-hybridized carbons (Fsp3) is 0.133. The zero-order chi connectivity index (χ0) is 12.3. The zero-order valence-corrected chi connectivity index (χ0v) is 9.51. The monoisotopic (exact) mass is 224 g/mol. The van der Waals surface area contributed by atoms with Gasteiger partial charge in [-0.15, -0.1) is 6.42 Å². The molecule has 2 heteroatoms. The van der Waals surface area contributed by atoms with Crippen molar-refractivity contribution in [2.45, 2.75) is 13.0 Å². The van der Waals surface area contributed by atoms with Crippen LogP contribution in [-0.4, -0.2) is 5.97 Å². The average Bonchev–Trinajstić information content (AvgIpc) is 2.35. The summed E-state index contributed by atoms with van der Waals surface area (Å²) >= 11 is 0. The lowest BCUT2D eigenvalue weighted by Crippen LogP contribution is -2.06. The molecule has 2 nitrogen and oxygen atoms in total. The number of esters is 1. The van der Waals surface area contributed by atoms with Crippen LogP contribution >= 0.6 is 0 Å². The van der Waals surface area contributed by atoms with E-state index in [0.29, 0.717) is 0 Å². The molecule has 17 heavy (non-hydrogen) atoms. The Labute approximate surface area is 100 Å². The van der Waals surface area contributed by atoms with Gasteiger partial charge in [-0.3, -0.25) is 4.79 Å². The van der Waals surface area contributed by atoms with Gasteiger partial charge >= 0.3 is 5.97 Å². The van der Waals surface area contributed by atoms with Crippen LogP contribution in [0.4, 0.5) is 0 Å². The van der Waals surface area contributed by atoms with Crippen LogP contribution in [0.5, 0.6) is 0 Å². The molecule has 0 spiro atoms. The van der Waals surface area contributed by atoms with E-state index in [1.807, 2.05) is 42.5 Å². The average molecular weight is 224 g/mol. The van der Waals surface area contributed by atoms with E-state index < -0.39 is 6.10 Å². The van der Waals surface area contributed by atoms with Gasteiger partial charge in [0, 0.05) is 12.5 Å². The van der Waals surface area contributed by atoms with E-state index >= 15 is 0 Å². The summed E-state index contributed by atoms with van der Waals surface area (Å²) in [5.41, 5.74) is 0.848. The Kier molecular flexibility index (Phi) is 3.11. The summed E-state index contributed by atoms with van der Waals surface area (Å²) in [6, 6.07) is 13.7. The molecular formula is C15H12O2. The van der Waals surface area contributed by atoms with E-state index in [0.717, 1.165) is 16.3 Å². The van der Waals surface area contributed by atoms with Crippen LogP contribution in [0.25, 0.3) is 10.8 Å². The summed E-state index contributed by atoms with van der Waals surface area (Å²) in [5.74, 6) is 2.12. The second kappa shape index (κ2) is 4.71. The normalized spacial score (nSPS) is 11.8. The van der Waals surface area contributed by atoms with E-state index in [2.05, 4.69) is 5.92 Å². The Balaban J connectivity index is 2.54. The molecule has 0 fully saturated rings. The molecule has 0 aliphatic rings. The van der Waals surface area contributed by atoms with Crippen LogP contribution in [0.1, 0.15) is 18.6 Å². The highest BCUT2D eigenvalue weighted by atomic mass is 16.5. The molecule has 2 aromatic rings. The maximum absolute atomic E-state index is 11.0. The number of carbonyl (C=O) groups excluding carboxylic acids is 1. The van der Waals surface area contributed by atoms with Gasteiger partial charge in [0.25, 0.3) is 0 Å². The highest BCUT2D eigenvalue weighted by molar-refractivity contribution is 5.86. The van der Waals surface area contributed by atoms with Crippen LogP contribution < -0.4 is 0 Å². The van der Waals surface area contributed by atoms with E-state index in [4.69, 9.17) is 11.2 Å². The summed E-state index contributed by atoms with van der Waals surface area (Å²) in [5, 5.41) is 2.09. The van der Waals surface area contributed by atoms with Crippen molar-refractivity contribution < 1.29 is 9.53 Å². The van der Waals surface area contributed by atoms with Crippen molar-refractivity contribution in [1.82, 2.24) is 0 Å². The highest BCUT2D eigenvalue weighted by Crippen LogP contribution is 2.26. The summed E-state index contributed by atoms with van der Waals surface area (Å²) in [4.78, 5) is 11.0. The SMILES string of the molecule is C#CC(OC(C)=O)c1cccc2ccccc12. The predicted octanol–water partition coefficient (Wildman–Crippen LogP) is 3.08. The lowest BCUT2D eigenvalue weighted by Gasteiger charge is -2.13. The van der Waals surface area contributed by atoms with Crippen molar-refractivity contribution in [2.75, 3.05) is 0 Å². The summed E-state index contributed by atoms with van der Waals surface area (Å²) in [7, 11) is 0. The zero-order valence-electron chi connectivity index (χ0n) is 9.51. The predicted molar refractivity (Wildman–Crippen MR) is 67.3 cm³/mol. The van der Waals surface area contributed by atoms with Gasteiger partial charge in [-0.2, -0.15) is 0 Å². The molecule has 0 aliphatic heterocycles. The van der Waals surface area contributed by atoms with Gasteiger partial charge in [0.1, 0.15) is 0 Å². The molecule has 0 aliphatic carbocycles. The van der Waals surface area contributed by atoms with Gasteiger partial charge in [0.15, 0.2) is 6.10 Å². The number of rotatable bonds is 2. The molecule has 84 valence electrons. The number of fused-ring (bicyclic) bond motifs is 1. The Morgan fingerprint density at radius 1 is 1.24 bits per heavy atom. The summed E-state index contributed by atoms with van der Waals surface area (Å²) in [6.45, 7) is 1.36. The number of ether oxygens (including phenoxy) is 1. The third kappa shape index (κ3) is 2.29. The molecule has 0 saturated heterocycles. The van der Waals surface area contributed by atoms with E-state index in [9.17, 15) is 4.79 Å². The third-order valence-corrected chi connectivity index (χ3v) is 2.54. The van der Waals surface area contributed by atoms with Gasteiger partial charge in [-0.25, -0.2) is 0 Å². The minimum absolute atomic E-state index is 0.374. The van der Waals surface area contributed by atoms with Crippen molar-refractivity contribution in [3.63, 3.8) is 0 Å². The lowest BCUT2D eigenvalue weighted by molar-refractivity contribution is -0.143. The second-order valence-electron chi connectivity index (χ2n) is 3.72. The number of benzene rings is 2. The molecule has 2 aromatic carbocycles. The molecule has 0 saturated carbocycles. The van der Waals surface area contributed by atoms with Crippen LogP contribution in [0.15, 0.2) is 42.5 Å².